The highest BCUT2D eigenvalue weighted by atomic mass is 127. The fraction of sp³-hybridized carbons (Fsp3) is 0.417. The monoisotopic (exact) mass is 849 g/mol. The average Bonchev–Trinajstić information content (AvgIpc) is 2.49. The Morgan fingerprint density at radius 2 is 1.45 bits per heavy atom. The van der Waals surface area contributed by atoms with Gasteiger partial charge in [-0.05, 0) is 31.2 Å². The number of nitrogens with zero attached hydrogens (tertiary/aromatic N) is 1. The lowest BCUT2D eigenvalue weighted by Gasteiger charge is -2.47. The number of amides is 2. The number of nitrogens with one attached hydrogen (secondary N) is 2. The van der Waals surface area contributed by atoms with Crippen LogP contribution >= 0.6 is 84.0 Å². The predicted octanol–water partition coefficient (Wildman–Crippen LogP) is 5.45. The molecule has 0 heterocycles. The summed E-state index contributed by atoms with van der Waals surface area (Å²) in [5.74, 6) is 0. The zero-order valence-corrected chi connectivity index (χ0v) is 22.5. The van der Waals surface area contributed by atoms with Crippen molar-refractivity contribution in [3.63, 3.8) is 0 Å². The molecule has 0 radical (unpaired) electrons. The fourth-order valence-corrected chi connectivity index (χ4v) is 6.92. The van der Waals surface area contributed by atoms with E-state index in [4.69, 9.17) is 0 Å². The smallest absolute Gasteiger partial charge is 0.258 e. The van der Waals surface area contributed by atoms with Gasteiger partial charge in [-0.25, -0.2) is 16.3 Å². The van der Waals surface area contributed by atoms with E-state index in [1.807, 2.05) is 0 Å². The van der Waals surface area contributed by atoms with Crippen molar-refractivity contribution in [2.45, 2.75) is 31.1 Å². The van der Waals surface area contributed by atoms with E-state index in [0.717, 1.165) is 57.3 Å². The Bertz CT molecular complexity index is 823. The largest absolute Gasteiger partial charge is 0.423 e. The van der Waals surface area contributed by atoms with Crippen molar-refractivity contribution in [3.8, 4) is 0 Å². The van der Waals surface area contributed by atoms with Gasteiger partial charge >= 0.3 is 18.4 Å². The molecule has 6 nitrogen and oxygen atoms in total. The van der Waals surface area contributed by atoms with Crippen molar-refractivity contribution in [2.24, 2.45) is 0 Å². The number of halogens is 10. The summed E-state index contributed by atoms with van der Waals surface area (Å²) < 4.78 is 103. The van der Waals surface area contributed by atoms with Gasteiger partial charge in [-0.3, -0.25) is 5.43 Å². The Kier molecular flexibility index (Phi) is 8.83. The van der Waals surface area contributed by atoms with Crippen LogP contribution in [0, 0.1) is 0 Å². The van der Waals surface area contributed by atoms with Gasteiger partial charge in [0, 0.05) is 4.47 Å². The molecule has 0 spiro atoms. The van der Waals surface area contributed by atoms with Gasteiger partial charge in [0.15, 0.2) is 0 Å². The second kappa shape index (κ2) is 9.25. The Labute approximate surface area is 210 Å². The van der Waals surface area contributed by atoms with Gasteiger partial charge in [-0.15, -0.1) is 4.83 Å². The number of carbonyl (C=O) groups excluding carboxylic acids is 1. The quantitative estimate of drug-likeness (QED) is 0.136. The first-order chi connectivity index (χ1) is 12.8. The molecule has 0 atom stereocenters. The van der Waals surface area contributed by atoms with Crippen LogP contribution in [0.4, 0.5) is 31.1 Å². The maximum absolute atomic E-state index is 13.7. The standard InChI is InChI=1S/C12H9BrF6I3N3O3S/c1-9(20,21)10(11(14,15)16,12(17,18)19)25(22)8(26)23-24-29(27,28)7-4-2-6(13)3-5-7/h2-5,24H,1H3,(H,23,26). The first-order valence-electron chi connectivity index (χ1n) is 6.83. The van der Waals surface area contributed by atoms with Crippen molar-refractivity contribution in [2.75, 3.05) is 0 Å². The zero-order chi connectivity index (χ0) is 23.1. The molecule has 0 unspecified atom stereocenters. The number of urea groups is 1. The summed E-state index contributed by atoms with van der Waals surface area (Å²) in [7, 11) is -4.46. The van der Waals surface area contributed by atoms with E-state index in [9.17, 15) is 39.6 Å². The highest BCUT2D eigenvalue weighted by molar-refractivity contribution is 14.2. The van der Waals surface area contributed by atoms with Gasteiger partial charge in [0.25, 0.3) is 15.6 Å². The van der Waals surface area contributed by atoms with Crippen molar-refractivity contribution in [1.82, 2.24) is 13.4 Å². The molecule has 1 rings (SSSR count). The Morgan fingerprint density at radius 3 is 1.79 bits per heavy atom. The molecule has 0 saturated heterocycles. The van der Waals surface area contributed by atoms with Crippen LogP contribution in [0.1, 0.15) is 6.92 Å². The minimum absolute atomic E-state index is 0.383. The molecule has 0 bridgehead atoms. The molecule has 2 N–H and O–H groups in total. The fourth-order valence-electron chi connectivity index (χ4n) is 2.04. The van der Waals surface area contributed by atoms with E-state index < -0.39 is 38.5 Å². The molecule has 29 heavy (non-hydrogen) atoms. The lowest BCUT2D eigenvalue weighted by molar-refractivity contribution is -0.316. The number of hydrazine groups is 1. The molecule has 0 aliphatic carbocycles. The van der Waals surface area contributed by atoms with E-state index in [2.05, 4.69) is 15.9 Å². The van der Waals surface area contributed by atoms with Gasteiger partial charge < -0.3 is 0 Å². The molecule has 166 valence electrons. The van der Waals surface area contributed by atoms with Gasteiger partial charge in [0.2, 0.25) is 0 Å². The third-order valence-electron chi connectivity index (χ3n) is 3.34. The molecular formula is C12H9BrF6I3N3O3S. The molecule has 17 heteroatoms. The number of rotatable bonds is 5. The molecule has 0 saturated carbocycles. The van der Waals surface area contributed by atoms with Gasteiger partial charge in [0.05, 0.1) is 27.8 Å². The zero-order valence-electron chi connectivity index (χ0n) is 13.7. The van der Waals surface area contributed by atoms with E-state index >= 15 is 0 Å². The first kappa shape index (κ1) is 27.7. The Hall–Kier alpha value is 0.650. The minimum atomic E-state index is -5.94. The van der Waals surface area contributed by atoms with Crippen molar-refractivity contribution in [3.05, 3.63) is 28.7 Å². The Morgan fingerprint density at radius 1 is 1.03 bits per heavy atom. The van der Waals surface area contributed by atoms with Crippen LogP contribution in [0.25, 0.3) is 0 Å². The second-order valence-electron chi connectivity index (χ2n) is 5.36. The lowest BCUT2D eigenvalue weighted by atomic mass is 9.94. The van der Waals surface area contributed by atoms with Crippen LogP contribution in [0.2, 0.25) is 0 Å². The predicted molar refractivity (Wildman–Crippen MR) is 120 cm³/mol. The number of sulfonamides is 1. The van der Waals surface area contributed by atoms with Crippen molar-refractivity contribution in [1.29, 1.82) is 0 Å². The van der Waals surface area contributed by atoms with Crippen LogP contribution in [-0.2, 0) is 10.0 Å². The Balaban J connectivity index is 3.27. The molecule has 2 amide bonds. The summed E-state index contributed by atoms with van der Waals surface area (Å²) in [6.07, 6.45) is -11.9. The molecule has 0 aromatic heterocycles. The summed E-state index contributed by atoms with van der Waals surface area (Å²) in [6.45, 7) is 0.639. The van der Waals surface area contributed by atoms with Crippen LogP contribution in [-0.4, -0.2) is 36.9 Å². The van der Waals surface area contributed by atoms with Gasteiger partial charge in [0.1, 0.15) is 1.43 Å². The van der Waals surface area contributed by atoms with Crippen LogP contribution < -0.4 is 10.3 Å². The molecule has 0 aliphatic heterocycles. The highest BCUT2D eigenvalue weighted by Crippen LogP contribution is 2.60. The lowest BCUT2D eigenvalue weighted by Crippen LogP contribution is -2.74. The van der Waals surface area contributed by atoms with E-state index in [1.165, 1.54) is 22.4 Å². The second-order valence-corrected chi connectivity index (χ2v) is 15.3. The highest BCUT2D eigenvalue weighted by Gasteiger charge is 2.81. The van der Waals surface area contributed by atoms with E-state index in [-0.39, 0.29) is 4.90 Å². The third-order valence-corrected chi connectivity index (χ3v) is 7.86. The van der Waals surface area contributed by atoms with Gasteiger partial charge in [-0.1, -0.05) is 61.1 Å². The number of hydrogen-bond acceptors (Lipinski definition) is 3. The minimum Gasteiger partial charge on any atom is -0.258 e. The summed E-state index contributed by atoms with van der Waals surface area (Å²) in [4.78, 5) is 13.2. The summed E-state index contributed by atoms with van der Waals surface area (Å²) >= 11 is 5.47. The molecule has 0 fully saturated rings. The number of benzene rings is 1. The van der Waals surface area contributed by atoms with E-state index in [0.29, 0.717) is 34.3 Å². The normalized spacial score (nSPS) is 13.9. The van der Waals surface area contributed by atoms with E-state index in [1.54, 1.807) is 0 Å². The number of carbonyl (C=O) groups is 1. The maximum Gasteiger partial charge on any atom is 0.423 e. The summed E-state index contributed by atoms with van der Waals surface area (Å²) in [5.41, 5.74) is -3.26. The number of alkyl halides is 8. The topological polar surface area (TPSA) is 78.5 Å². The van der Waals surface area contributed by atoms with Crippen molar-refractivity contribution >= 4 is 100 Å². The SMILES string of the molecule is CC(I)(I)C(N(I)C(=O)NNS(=O)(=O)c1ccc(Br)cc1)(C(F)(F)F)C(F)(F)F. The summed E-state index contributed by atoms with van der Waals surface area (Å²) in [6, 6.07) is 2.89. The summed E-state index contributed by atoms with van der Waals surface area (Å²) in [5, 5.41) is 0. The first-order valence-corrected chi connectivity index (χ1v) is 12.2. The number of hydrogen-bond donors (Lipinski definition) is 2. The van der Waals surface area contributed by atoms with Gasteiger partial charge in [-0.2, -0.15) is 26.3 Å². The van der Waals surface area contributed by atoms with Crippen molar-refractivity contribution < 1.29 is 39.6 Å². The molecular weight excluding hydrogens is 841 g/mol. The third kappa shape index (κ3) is 5.72. The average molecular weight is 850 g/mol. The van der Waals surface area contributed by atoms with Crippen LogP contribution in [0.5, 0.6) is 0 Å². The molecule has 0 aliphatic rings. The maximum atomic E-state index is 13.7. The van der Waals surface area contributed by atoms with Crippen LogP contribution in [0.3, 0.4) is 0 Å². The molecule has 1 aromatic rings. The molecule has 1 aromatic carbocycles. The van der Waals surface area contributed by atoms with Crippen LogP contribution in [0.15, 0.2) is 33.6 Å².